The molecule has 3 heterocycles. The Kier molecular flexibility index (Phi) is 4.07. The monoisotopic (exact) mass is 321 g/mol. The predicted molar refractivity (Wildman–Crippen MR) is 96.0 cm³/mol. The molecule has 0 amide bonds. The van der Waals surface area contributed by atoms with E-state index >= 15 is 0 Å². The molecule has 0 bridgehead atoms. The first-order valence-corrected chi connectivity index (χ1v) is 8.76. The van der Waals surface area contributed by atoms with Gasteiger partial charge in [0.25, 0.3) is 0 Å². The Balaban J connectivity index is 1.53. The lowest BCUT2D eigenvalue weighted by Crippen LogP contribution is -2.28. The van der Waals surface area contributed by atoms with Crippen LogP contribution in [-0.2, 0) is 6.42 Å². The summed E-state index contributed by atoms with van der Waals surface area (Å²) < 4.78 is 6.01. The Bertz CT molecular complexity index is 838. The van der Waals surface area contributed by atoms with Crippen LogP contribution in [-0.4, -0.2) is 34.2 Å². The first kappa shape index (κ1) is 15.3. The highest BCUT2D eigenvalue weighted by Gasteiger charge is 2.20. The fourth-order valence-corrected chi connectivity index (χ4v) is 3.51. The van der Waals surface area contributed by atoms with Gasteiger partial charge in [-0.25, -0.2) is 0 Å². The molecule has 0 spiro atoms. The summed E-state index contributed by atoms with van der Waals surface area (Å²) in [4.78, 5) is 2.56. The Morgan fingerprint density at radius 1 is 1.17 bits per heavy atom. The Morgan fingerprint density at radius 3 is 2.83 bits per heavy atom. The summed E-state index contributed by atoms with van der Waals surface area (Å²) in [7, 11) is 0. The third-order valence-corrected chi connectivity index (χ3v) is 5.00. The summed E-state index contributed by atoms with van der Waals surface area (Å²) in [6, 6.07) is 13.1. The number of aromatic nitrogens is 2. The molecular weight excluding hydrogens is 298 g/mol. The van der Waals surface area contributed by atoms with E-state index < -0.39 is 0 Å². The van der Waals surface area contributed by atoms with Gasteiger partial charge in [-0.15, -0.1) is 0 Å². The van der Waals surface area contributed by atoms with Crippen molar-refractivity contribution < 1.29 is 4.42 Å². The molecule has 4 rings (SSSR count). The highest BCUT2D eigenvalue weighted by Crippen LogP contribution is 2.26. The van der Waals surface area contributed by atoms with Crippen LogP contribution in [0.2, 0.25) is 0 Å². The predicted octanol–water partition coefficient (Wildman–Crippen LogP) is 4.23. The molecule has 1 saturated heterocycles. The highest BCUT2D eigenvalue weighted by molar-refractivity contribution is 5.83. The van der Waals surface area contributed by atoms with Gasteiger partial charge in [0.15, 0.2) is 0 Å². The molecule has 0 aliphatic carbocycles. The third-order valence-electron chi connectivity index (χ3n) is 5.00. The van der Waals surface area contributed by atoms with Gasteiger partial charge < -0.3 is 9.32 Å². The largest absolute Gasteiger partial charge is 0.461 e. The van der Waals surface area contributed by atoms with E-state index in [0.29, 0.717) is 6.04 Å². The summed E-state index contributed by atoms with van der Waals surface area (Å²) in [5, 5.41) is 9.55. The minimum Gasteiger partial charge on any atom is -0.461 e. The number of benzene rings is 1. The topological polar surface area (TPSA) is 42.2 Å². The average Bonchev–Trinajstić information content (AvgIpc) is 3.18. The summed E-state index contributed by atoms with van der Waals surface area (Å²) in [6.45, 7) is 6.57. The molecule has 1 atom stereocenters. The molecular formula is C20H23N3O. The van der Waals surface area contributed by atoms with Crippen LogP contribution in [0, 0.1) is 6.92 Å². The van der Waals surface area contributed by atoms with Crippen LogP contribution >= 0.6 is 0 Å². The second kappa shape index (κ2) is 6.36. The van der Waals surface area contributed by atoms with Gasteiger partial charge >= 0.3 is 0 Å². The van der Waals surface area contributed by atoms with E-state index in [1.807, 2.05) is 25.1 Å². The molecule has 1 fully saturated rings. The zero-order valence-electron chi connectivity index (χ0n) is 14.3. The zero-order valence-corrected chi connectivity index (χ0v) is 14.3. The fraction of sp³-hybridized carbons (Fsp3) is 0.400. The molecule has 4 nitrogen and oxygen atoms in total. The first-order chi connectivity index (χ1) is 11.7. The Hall–Kier alpha value is -2.20. The van der Waals surface area contributed by atoms with Crippen LogP contribution in [0.25, 0.3) is 22.2 Å². The molecule has 2 aromatic heterocycles. The van der Waals surface area contributed by atoms with E-state index in [-0.39, 0.29) is 0 Å². The van der Waals surface area contributed by atoms with Crippen LogP contribution in [0.15, 0.2) is 40.8 Å². The SMILES string of the molecule is Cc1ccc(-c2ccc3oc(CCN4CCCC4C)cc3c2)nn1. The molecule has 24 heavy (non-hydrogen) atoms. The molecule has 4 heteroatoms. The first-order valence-electron chi connectivity index (χ1n) is 8.76. The Labute approximate surface area is 142 Å². The van der Waals surface area contributed by atoms with Gasteiger partial charge in [-0.05, 0) is 69.6 Å². The Morgan fingerprint density at radius 2 is 2.08 bits per heavy atom. The van der Waals surface area contributed by atoms with Crippen molar-refractivity contribution in [3.63, 3.8) is 0 Å². The van der Waals surface area contributed by atoms with E-state index in [1.54, 1.807) is 0 Å². The van der Waals surface area contributed by atoms with Crippen LogP contribution in [0.3, 0.4) is 0 Å². The molecule has 1 aliphatic heterocycles. The van der Waals surface area contributed by atoms with Crippen molar-refractivity contribution >= 4 is 11.0 Å². The lowest BCUT2D eigenvalue weighted by atomic mass is 10.1. The van der Waals surface area contributed by atoms with Crippen molar-refractivity contribution in [2.75, 3.05) is 13.1 Å². The molecule has 124 valence electrons. The van der Waals surface area contributed by atoms with Crippen LogP contribution < -0.4 is 0 Å². The summed E-state index contributed by atoms with van der Waals surface area (Å²) >= 11 is 0. The standard InChI is InChI=1S/C20H23N3O/c1-14-5-7-19(22-21-14)16-6-8-20-17(12-16)13-18(24-20)9-11-23-10-3-4-15(23)2/h5-8,12-13,15H,3-4,9-11H2,1-2H3. The van der Waals surface area contributed by atoms with Gasteiger partial charge in [0.2, 0.25) is 0 Å². The minimum absolute atomic E-state index is 0.709. The number of hydrogen-bond donors (Lipinski definition) is 0. The van der Waals surface area contributed by atoms with Gasteiger partial charge in [-0.2, -0.15) is 10.2 Å². The van der Waals surface area contributed by atoms with Gasteiger partial charge in [0.1, 0.15) is 11.3 Å². The summed E-state index contributed by atoms with van der Waals surface area (Å²) in [5.74, 6) is 1.07. The zero-order chi connectivity index (χ0) is 16.5. The van der Waals surface area contributed by atoms with E-state index in [0.717, 1.165) is 46.6 Å². The average molecular weight is 321 g/mol. The van der Waals surface area contributed by atoms with Crippen molar-refractivity contribution in [3.05, 3.63) is 47.9 Å². The van der Waals surface area contributed by atoms with Gasteiger partial charge in [0, 0.05) is 30.0 Å². The van der Waals surface area contributed by atoms with E-state index in [2.05, 4.69) is 40.2 Å². The normalized spacial score (nSPS) is 18.5. The molecule has 0 saturated carbocycles. The van der Waals surface area contributed by atoms with E-state index in [9.17, 15) is 0 Å². The molecule has 0 radical (unpaired) electrons. The van der Waals surface area contributed by atoms with Crippen molar-refractivity contribution in [2.24, 2.45) is 0 Å². The van der Waals surface area contributed by atoms with Gasteiger partial charge in [-0.1, -0.05) is 0 Å². The molecule has 1 aromatic carbocycles. The van der Waals surface area contributed by atoms with Crippen molar-refractivity contribution in [1.82, 2.24) is 15.1 Å². The van der Waals surface area contributed by atoms with Crippen molar-refractivity contribution in [1.29, 1.82) is 0 Å². The highest BCUT2D eigenvalue weighted by atomic mass is 16.3. The maximum atomic E-state index is 6.01. The van der Waals surface area contributed by atoms with Crippen LogP contribution in [0.1, 0.15) is 31.2 Å². The number of fused-ring (bicyclic) bond motifs is 1. The number of rotatable bonds is 4. The molecule has 3 aromatic rings. The summed E-state index contributed by atoms with van der Waals surface area (Å²) in [5.41, 5.74) is 3.86. The quantitative estimate of drug-likeness (QED) is 0.721. The molecule has 0 N–H and O–H groups in total. The smallest absolute Gasteiger partial charge is 0.134 e. The lowest BCUT2D eigenvalue weighted by molar-refractivity contribution is 0.266. The van der Waals surface area contributed by atoms with E-state index in [1.165, 1.54) is 19.4 Å². The second-order valence-corrected chi connectivity index (χ2v) is 6.80. The number of furan rings is 1. The maximum Gasteiger partial charge on any atom is 0.134 e. The van der Waals surface area contributed by atoms with E-state index in [4.69, 9.17) is 4.42 Å². The second-order valence-electron chi connectivity index (χ2n) is 6.80. The van der Waals surface area contributed by atoms with Crippen LogP contribution in [0.4, 0.5) is 0 Å². The number of likely N-dealkylation sites (tertiary alicyclic amines) is 1. The van der Waals surface area contributed by atoms with Gasteiger partial charge in [0.05, 0.1) is 11.4 Å². The van der Waals surface area contributed by atoms with Crippen LogP contribution in [0.5, 0.6) is 0 Å². The molecule has 1 aliphatic rings. The van der Waals surface area contributed by atoms with Crippen molar-refractivity contribution in [2.45, 2.75) is 39.2 Å². The number of nitrogens with zero attached hydrogens (tertiary/aromatic N) is 3. The van der Waals surface area contributed by atoms with Gasteiger partial charge in [-0.3, -0.25) is 0 Å². The maximum absolute atomic E-state index is 6.01. The number of hydrogen-bond acceptors (Lipinski definition) is 4. The molecule has 1 unspecified atom stereocenters. The minimum atomic E-state index is 0.709. The van der Waals surface area contributed by atoms with Crippen molar-refractivity contribution in [3.8, 4) is 11.3 Å². The lowest BCUT2D eigenvalue weighted by Gasteiger charge is -2.19. The third kappa shape index (κ3) is 3.06. The number of aryl methyl sites for hydroxylation is 1. The summed E-state index contributed by atoms with van der Waals surface area (Å²) in [6.07, 6.45) is 3.61. The fourth-order valence-electron chi connectivity index (χ4n) is 3.51.